The zero-order chi connectivity index (χ0) is 34.6. The third-order valence-corrected chi connectivity index (χ3v) is 11.4. The van der Waals surface area contributed by atoms with Crippen LogP contribution in [-0.2, 0) is 47.7 Å². The summed E-state index contributed by atoms with van der Waals surface area (Å²) >= 11 is 6.58. The summed E-state index contributed by atoms with van der Waals surface area (Å²) in [6, 6.07) is 0. The molecule has 0 spiro atoms. The number of ether oxygens (including phenoxy) is 5. The molecule has 0 aromatic carbocycles. The van der Waals surface area contributed by atoms with E-state index in [4.69, 9.17) is 35.3 Å². The molecule has 0 unspecified atom stereocenters. The molecule has 2 fully saturated rings. The van der Waals surface area contributed by atoms with Crippen molar-refractivity contribution in [3.05, 3.63) is 11.6 Å². The van der Waals surface area contributed by atoms with E-state index in [9.17, 15) is 29.1 Å². The largest absolute Gasteiger partial charge is 0.465 e. The second-order valence-corrected chi connectivity index (χ2v) is 14.1. The molecule has 46 heavy (non-hydrogen) atoms. The second-order valence-electron chi connectivity index (χ2n) is 13.8. The first kappa shape index (κ1) is 37.8. The Morgan fingerprint density at radius 1 is 1.07 bits per heavy atom. The highest BCUT2D eigenvalue weighted by atomic mass is 35.5. The number of hydrogen-bond acceptors (Lipinski definition) is 11. The fraction of sp³-hybridized carbons (Fsp3) is 0.794. The summed E-state index contributed by atoms with van der Waals surface area (Å²) < 4.78 is 29.2. The van der Waals surface area contributed by atoms with Gasteiger partial charge in [-0.05, 0) is 49.9 Å². The van der Waals surface area contributed by atoms with Gasteiger partial charge in [0.25, 0.3) is 0 Å². The lowest BCUT2D eigenvalue weighted by atomic mass is 9.41. The standard InChI is InChI=1S/C34H51ClO11/c1-9-19(3)30(39)45-25-11-12-33(41,17-35)34(18-43-22(6)36)27(44-23(7)37)13-21(5)32(8,29(25)34)15-26(24-14-28(38)42-16-24)46-31(40)20(4)10-2/h14,19-21,25-27,29,41H,9-13,15-18H2,1-8H3/t19-,20-,21+,25+,26-,27-,29+,32-,33-,34-/m0/s1. The topological polar surface area (TPSA) is 152 Å². The number of rotatable bonds is 13. The Morgan fingerprint density at radius 2 is 1.70 bits per heavy atom. The smallest absolute Gasteiger partial charge is 0.331 e. The zero-order valence-electron chi connectivity index (χ0n) is 28.4. The summed E-state index contributed by atoms with van der Waals surface area (Å²) in [5.41, 5.74) is -3.68. The van der Waals surface area contributed by atoms with Crippen molar-refractivity contribution in [2.24, 2.45) is 34.5 Å². The molecule has 0 bridgehead atoms. The van der Waals surface area contributed by atoms with Gasteiger partial charge in [0, 0.05) is 31.4 Å². The van der Waals surface area contributed by atoms with Crippen molar-refractivity contribution in [1.82, 2.24) is 0 Å². The fourth-order valence-electron chi connectivity index (χ4n) is 7.64. The molecule has 2 aliphatic carbocycles. The number of fused-ring (bicyclic) bond motifs is 1. The molecule has 1 heterocycles. The summed E-state index contributed by atoms with van der Waals surface area (Å²) in [6.45, 7) is 13.3. The second kappa shape index (κ2) is 15.0. The minimum absolute atomic E-state index is 0.0564. The van der Waals surface area contributed by atoms with Gasteiger partial charge >= 0.3 is 29.8 Å². The van der Waals surface area contributed by atoms with Gasteiger partial charge in [-0.3, -0.25) is 19.2 Å². The maximum atomic E-state index is 13.4. The van der Waals surface area contributed by atoms with E-state index in [1.807, 2.05) is 27.7 Å². The Morgan fingerprint density at radius 3 is 2.22 bits per heavy atom. The molecule has 10 atom stereocenters. The average molecular weight is 671 g/mol. The van der Waals surface area contributed by atoms with Crippen LogP contribution in [0, 0.1) is 34.5 Å². The molecule has 0 aromatic heterocycles. The van der Waals surface area contributed by atoms with Crippen LogP contribution >= 0.6 is 11.6 Å². The van der Waals surface area contributed by atoms with Gasteiger partial charge < -0.3 is 28.8 Å². The predicted molar refractivity (Wildman–Crippen MR) is 167 cm³/mol. The van der Waals surface area contributed by atoms with Crippen LogP contribution in [0.1, 0.15) is 93.9 Å². The zero-order valence-corrected chi connectivity index (χ0v) is 29.1. The van der Waals surface area contributed by atoms with Crippen LogP contribution in [-0.4, -0.2) is 78.0 Å². The third-order valence-electron chi connectivity index (χ3n) is 10.9. The lowest BCUT2D eigenvalue weighted by molar-refractivity contribution is -0.294. The van der Waals surface area contributed by atoms with Crippen LogP contribution in [0.4, 0.5) is 0 Å². The molecule has 0 amide bonds. The monoisotopic (exact) mass is 670 g/mol. The van der Waals surface area contributed by atoms with E-state index in [1.54, 1.807) is 13.8 Å². The van der Waals surface area contributed by atoms with E-state index in [1.165, 1.54) is 19.9 Å². The Bertz CT molecular complexity index is 1200. The molecule has 260 valence electrons. The van der Waals surface area contributed by atoms with Gasteiger partial charge in [-0.15, -0.1) is 11.6 Å². The number of cyclic esters (lactones) is 1. The van der Waals surface area contributed by atoms with E-state index in [0.717, 1.165) is 0 Å². The molecule has 11 nitrogen and oxygen atoms in total. The normalized spacial score (nSPS) is 34.2. The first-order chi connectivity index (χ1) is 21.5. The van der Waals surface area contributed by atoms with Crippen LogP contribution in [0.5, 0.6) is 0 Å². The van der Waals surface area contributed by atoms with E-state index >= 15 is 0 Å². The van der Waals surface area contributed by atoms with Crippen molar-refractivity contribution in [2.75, 3.05) is 19.1 Å². The average Bonchev–Trinajstić information content (AvgIpc) is 3.44. The quantitative estimate of drug-likeness (QED) is 0.165. The number of carbonyl (C=O) groups excluding carboxylic acids is 5. The van der Waals surface area contributed by atoms with Gasteiger partial charge in [0.1, 0.15) is 31.5 Å². The molecule has 2 saturated carbocycles. The lowest BCUT2D eigenvalue weighted by Gasteiger charge is -2.67. The summed E-state index contributed by atoms with van der Waals surface area (Å²) in [4.78, 5) is 63.7. The van der Waals surface area contributed by atoms with Gasteiger partial charge in [0.05, 0.1) is 28.7 Å². The molecule has 1 aliphatic heterocycles. The summed E-state index contributed by atoms with van der Waals surface area (Å²) in [6.07, 6.45) is 0.430. The highest BCUT2D eigenvalue weighted by molar-refractivity contribution is 6.18. The van der Waals surface area contributed by atoms with Crippen molar-refractivity contribution in [2.45, 2.75) is 118 Å². The van der Waals surface area contributed by atoms with E-state index in [0.29, 0.717) is 18.4 Å². The number of halogens is 1. The molecule has 3 rings (SSSR count). The van der Waals surface area contributed by atoms with Gasteiger partial charge in [-0.1, -0.05) is 41.5 Å². The number of hydrogen-bond donors (Lipinski definition) is 1. The predicted octanol–water partition coefficient (Wildman–Crippen LogP) is 4.68. The van der Waals surface area contributed by atoms with Gasteiger partial charge in [-0.2, -0.15) is 0 Å². The van der Waals surface area contributed by atoms with Crippen molar-refractivity contribution in [3.8, 4) is 0 Å². The van der Waals surface area contributed by atoms with Crippen molar-refractivity contribution >= 4 is 41.4 Å². The van der Waals surface area contributed by atoms with E-state index in [2.05, 4.69) is 0 Å². The minimum atomic E-state index is -1.72. The molecular formula is C34H51ClO11. The van der Waals surface area contributed by atoms with Gasteiger partial charge in [-0.25, -0.2) is 4.79 Å². The third kappa shape index (κ3) is 7.40. The number of aliphatic hydroxyl groups is 1. The van der Waals surface area contributed by atoms with Gasteiger partial charge in [0.15, 0.2) is 0 Å². The molecule has 1 N–H and O–H groups in total. The maximum absolute atomic E-state index is 13.4. The Kier molecular flexibility index (Phi) is 12.4. The summed E-state index contributed by atoms with van der Waals surface area (Å²) in [5.74, 6) is -4.80. The number of esters is 5. The molecule has 0 radical (unpaired) electrons. The van der Waals surface area contributed by atoms with E-state index in [-0.39, 0.29) is 50.7 Å². The molecule has 0 aromatic rings. The van der Waals surface area contributed by atoms with Gasteiger partial charge in [0.2, 0.25) is 0 Å². The van der Waals surface area contributed by atoms with Crippen molar-refractivity contribution in [1.29, 1.82) is 0 Å². The molecule has 3 aliphatic rings. The van der Waals surface area contributed by atoms with E-state index < -0.39 is 82.3 Å². The molecular weight excluding hydrogens is 620 g/mol. The maximum Gasteiger partial charge on any atom is 0.331 e. The first-order valence-corrected chi connectivity index (χ1v) is 16.9. The lowest BCUT2D eigenvalue weighted by Crippen LogP contribution is -2.74. The minimum Gasteiger partial charge on any atom is -0.465 e. The van der Waals surface area contributed by atoms with Crippen LogP contribution in [0.25, 0.3) is 0 Å². The molecule has 0 saturated heterocycles. The number of alkyl halides is 1. The highest BCUT2D eigenvalue weighted by Crippen LogP contribution is 2.66. The Balaban J connectivity index is 2.30. The highest BCUT2D eigenvalue weighted by Gasteiger charge is 2.73. The van der Waals surface area contributed by atoms with Crippen LogP contribution in [0.3, 0.4) is 0 Å². The van der Waals surface area contributed by atoms with Crippen LogP contribution in [0.2, 0.25) is 0 Å². The van der Waals surface area contributed by atoms with Crippen molar-refractivity contribution in [3.63, 3.8) is 0 Å². The summed E-state index contributed by atoms with van der Waals surface area (Å²) in [7, 11) is 0. The molecule has 12 heteroatoms. The number of carbonyl (C=O) groups is 5. The van der Waals surface area contributed by atoms with Crippen LogP contribution in [0.15, 0.2) is 11.6 Å². The van der Waals surface area contributed by atoms with Crippen LogP contribution < -0.4 is 0 Å². The first-order valence-electron chi connectivity index (χ1n) is 16.4. The Labute approximate surface area is 277 Å². The Hall–Kier alpha value is -2.66. The summed E-state index contributed by atoms with van der Waals surface area (Å²) in [5, 5.41) is 12.5. The van der Waals surface area contributed by atoms with Crippen molar-refractivity contribution < 1.29 is 52.8 Å². The fourth-order valence-corrected chi connectivity index (χ4v) is 8.02. The SMILES string of the molecule is CC[C@H](C)C(=O)O[C@@H](C[C@@]1(C)[C@H](C)C[C@H](OC(C)=O)[C@@]2(COC(C)=O)[C@@H]1[C@H](OC(=O)[C@@H](C)CC)CC[C@]2(O)CCl)C1=CC(=O)OC1.